The number of methoxy groups -OCH3 is 1. The summed E-state index contributed by atoms with van der Waals surface area (Å²) in [4.78, 5) is 0. The third-order valence-electron chi connectivity index (χ3n) is 3.24. The zero-order chi connectivity index (χ0) is 13.9. The van der Waals surface area contributed by atoms with Crippen LogP contribution in [0.15, 0.2) is 48.5 Å². The Hall–Kier alpha value is -2.24. The van der Waals surface area contributed by atoms with E-state index in [0.717, 1.165) is 16.7 Å². The average Bonchev–Trinajstić information content (AvgIpc) is 2.44. The molecule has 0 aromatic heterocycles. The van der Waals surface area contributed by atoms with E-state index in [1.807, 2.05) is 31.2 Å². The van der Waals surface area contributed by atoms with E-state index >= 15 is 0 Å². The van der Waals surface area contributed by atoms with Crippen LogP contribution in [0.1, 0.15) is 16.7 Å². The molecule has 19 heavy (non-hydrogen) atoms. The van der Waals surface area contributed by atoms with Gasteiger partial charge in [-0.15, -0.1) is 6.42 Å². The van der Waals surface area contributed by atoms with E-state index in [4.69, 9.17) is 11.2 Å². The molecule has 0 fully saturated rings. The van der Waals surface area contributed by atoms with E-state index in [-0.39, 0.29) is 5.75 Å². The third-order valence-corrected chi connectivity index (χ3v) is 3.24. The number of hydrogen-bond donors (Lipinski definition) is 1. The van der Waals surface area contributed by atoms with Crippen molar-refractivity contribution >= 4 is 0 Å². The second kappa shape index (κ2) is 5.17. The smallest absolute Gasteiger partial charge is 0.179 e. The predicted molar refractivity (Wildman–Crippen MR) is 75.9 cm³/mol. The van der Waals surface area contributed by atoms with Gasteiger partial charge in [0.25, 0.3) is 0 Å². The maximum absolute atomic E-state index is 9.38. The van der Waals surface area contributed by atoms with Gasteiger partial charge in [-0.2, -0.15) is 0 Å². The number of rotatable bonds is 3. The lowest BCUT2D eigenvalue weighted by atomic mass is 9.86. The van der Waals surface area contributed by atoms with Crippen LogP contribution in [0, 0.1) is 19.3 Å². The highest BCUT2D eigenvalue weighted by Gasteiger charge is 2.32. The van der Waals surface area contributed by atoms with Crippen LogP contribution in [-0.4, -0.2) is 12.2 Å². The van der Waals surface area contributed by atoms with Crippen molar-refractivity contribution in [3.05, 3.63) is 65.2 Å². The van der Waals surface area contributed by atoms with Crippen LogP contribution in [0.3, 0.4) is 0 Å². The van der Waals surface area contributed by atoms with E-state index in [2.05, 4.69) is 5.92 Å². The van der Waals surface area contributed by atoms with Gasteiger partial charge < -0.3 is 9.84 Å². The van der Waals surface area contributed by atoms with Gasteiger partial charge in [0, 0.05) is 18.2 Å². The Morgan fingerprint density at radius 2 is 1.47 bits per heavy atom. The van der Waals surface area contributed by atoms with Crippen molar-refractivity contribution in [2.75, 3.05) is 7.11 Å². The Labute approximate surface area is 113 Å². The molecule has 0 aliphatic rings. The molecule has 0 amide bonds. The molecule has 2 rings (SSSR count). The number of hydrogen-bond acceptors (Lipinski definition) is 2. The molecule has 0 heterocycles. The molecule has 0 aliphatic carbocycles. The zero-order valence-electron chi connectivity index (χ0n) is 11.1. The largest absolute Gasteiger partial charge is 0.508 e. The first-order valence-electron chi connectivity index (χ1n) is 6.02. The minimum atomic E-state index is -0.929. The summed E-state index contributed by atoms with van der Waals surface area (Å²) in [6.07, 6.45) is 5.72. The van der Waals surface area contributed by atoms with Crippen molar-refractivity contribution in [3.8, 4) is 18.1 Å². The molecule has 0 bridgehead atoms. The van der Waals surface area contributed by atoms with Crippen LogP contribution in [0.25, 0.3) is 0 Å². The SMILES string of the molecule is C#CC(OC)(c1ccc(C)cc1)c1ccc(O)cc1. The summed E-state index contributed by atoms with van der Waals surface area (Å²) in [5, 5.41) is 9.38. The predicted octanol–water partition coefficient (Wildman–Crippen LogP) is 3.22. The van der Waals surface area contributed by atoms with Crippen LogP contribution < -0.4 is 0 Å². The van der Waals surface area contributed by atoms with Crippen molar-refractivity contribution in [3.63, 3.8) is 0 Å². The highest BCUT2D eigenvalue weighted by Crippen LogP contribution is 2.33. The number of ether oxygens (including phenoxy) is 1. The summed E-state index contributed by atoms with van der Waals surface area (Å²) in [5.41, 5.74) is 1.95. The minimum absolute atomic E-state index is 0.203. The standard InChI is InChI=1S/C17H16O2/c1-4-17(19-3,14-7-5-13(2)6-8-14)15-9-11-16(18)12-10-15/h1,5-12,18H,2-3H3. The first-order valence-corrected chi connectivity index (χ1v) is 6.02. The minimum Gasteiger partial charge on any atom is -0.508 e. The van der Waals surface area contributed by atoms with Gasteiger partial charge >= 0.3 is 0 Å². The third kappa shape index (κ3) is 2.33. The maximum Gasteiger partial charge on any atom is 0.179 e. The quantitative estimate of drug-likeness (QED) is 0.850. The normalized spacial score (nSPS) is 13.5. The molecule has 1 atom stereocenters. The fourth-order valence-electron chi connectivity index (χ4n) is 2.11. The van der Waals surface area contributed by atoms with E-state index in [1.165, 1.54) is 0 Å². The summed E-state index contributed by atoms with van der Waals surface area (Å²) in [5.74, 6) is 2.94. The van der Waals surface area contributed by atoms with E-state index in [1.54, 1.807) is 31.4 Å². The van der Waals surface area contributed by atoms with Gasteiger partial charge in [-0.25, -0.2) is 0 Å². The molecule has 96 valence electrons. The monoisotopic (exact) mass is 252 g/mol. The molecule has 0 aliphatic heterocycles. The summed E-state index contributed by atoms with van der Waals surface area (Å²) in [6.45, 7) is 2.02. The van der Waals surface area contributed by atoms with Gasteiger partial charge in [0.2, 0.25) is 0 Å². The Morgan fingerprint density at radius 3 is 1.89 bits per heavy atom. The van der Waals surface area contributed by atoms with Crippen LogP contribution in [0.4, 0.5) is 0 Å². The molecule has 2 aromatic carbocycles. The van der Waals surface area contributed by atoms with Crippen molar-refractivity contribution < 1.29 is 9.84 Å². The molecule has 0 saturated heterocycles. The van der Waals surface area contributed by atoms with E-state index in [9.17, 15) is 5.11 Å². The van der Waals surface area contributed by atoms with Gasteiger partial charge in [0.1, 0.15) is 5.75 Å². The van der Waals surface area contributed by atoms with Gasteiger partial charge in [-0.3, -0.25) is 0 Å². The number of aromatic hydroxyl groups is 1. The van der Waals surface area contributed by atoms with Gasteiger partial charge in [-0.1, -0.05) is 47.9 Å². The Morgan fingerprint density at radius 1 is 1.00 bits per heavy atom. The lowest BCUT2D eigenvalue weighted by molar-refractivity contribution is 0.0743. The summed E-state index contributed by atoms with van der Waals surface area (Å²) < 4.78 is 5.62. The van der Waals surface area contributed by atoms with Crippen LogP contribution >= 0.6 is 0 Å². The number of terminal acetylenes is 1. The van der Waals surface area contributed by atoms with Crippen molar-refractivity contribution in [2.24, 2.45) is 0 Å². The van der Waals surface area contributed by atoms with Crippen LogP contribution in [0.5, 0.6) is 5.75 Å². The topological polar surface area (TPSA) is 29.5 Å². The molecular formula is C17H16O2. The molecule has 1 N–H and O–H groups in total. The van der Waals surface area contributed by atoms with E-state index < -0.39 is 5.60 Å². The highest BCUT2D eigenvalue weighted by atomic mass is 16.5. The fourth-order valence-corrected chi connectivity index (χ4v) is 2.11. The molecule has 2 aromatic rings. The number of aryl methyl sites for hydroxylation is 1. The molecule has 0 radical (unpaired) electrons. The molecular weight excluding hydrogens is 236 g/mol. The molecule has 0 saturated carbocycles. The maximum atomic E-state index is 9.38. The van der Waals surface area contributed by atoms with Crippen molar-refractivity contribution in [1.82, 2.24) is 0 Å². The number of benzene rings is 2. The van der Waals surface area contributed by atoms with Crippen molar-refractivity contribution in [2.45, 2.75) is 12.5 Å². The van der Waals surface area contributed by atoms with Gasteiger partial charge in [-0.05, 0) is 19.1 Å². The second-order valence-electron chi connectivity index (χ2n) is 4.44. The van der Waals surface area contributed by atoms with Gasteiger partial charge in [0.15, 0.2) is 5.60 Å². The first kappa shape index (κ1) is 13.2. The summed E-state index contributed by atoms with van der Waals surface area (Å²) in [6, 6.07) is 14.7. The Balaban J connectivity index is 2.58. The Bertz CT molecular complexity index is 543. The van der Waals surface area contributed by atoms with Gasteiger partial charge in [0.05, 0.1) is 0 Å². The number of phenolic OH excluding ortho intramolecular Hbond substituents is 1. The second-order valence-corrected chi connectivity index (χ2v) is 4.44. The molecule has 1 unspecified atom stereocenters. The fraction of sp³-hybridized carbons (Fsp3) is 0.176. The first-order chi connectivity index (χ1) is 9.12. The summed E-state index contributed by atoms with van der Waals surface area (Å²) in [7, 11) is 1.59. The van der Waals surface area contributed by atoms with Crippen LogP contribution in [0.2, 0.25) is 0 Å². The molecule has 2 heteroatoms. The average molecular weight is 252 g/mol. The number of phenols is 1. The summed E-state index contributed by atoms with van der Waals surface area (Å²) >= 11 is 0. The zero-order valence-corrected chi connectivity index (χ0v) is 11.1. The molecule has 0 spiro atoms. The van der Waals surface area contributed by atoms with Crippen molar-refractivity contribution in [1.29, 1.82) is 0 Å². The Kier molecular flexibility index (Phi) is 3.59. The lowest BCUT2D eigenvalue weighted by Gasteiger charge is -2.28. The lowest BCUT2D eigenvalue weighted by Crippen LogP contribution is -2.28. The molecule has 2 nitrogen and oxygen atoms in total. The van der Waals surface area contributed by atoms with E-state index in [0.29, 0.717) is 0 Å². The highest BCUT2D eigenvalue weighted by molar-refractivity contribution is 5.46. The van der Waals surface area contributed by atoms with Crippen LogP contribution in [-0.2, 0) is 10.3 Å².